The van der Waals surface area contributed by atoms with Crippen LogP contribution < -0.4 is 10.7 Å². The van der Waals surface area contributed by atoms with Crippen molar-refractivity contribution >= 4 is 29.6 Å². The molecule has 0 heterocycles. The van der Waals surface area contributed by atoms with Crippen LogP contribution in [-0.2, 0) is 9.59 Å². The van der Waals surface area contributed by atoms with Crippen molar-refractivity contribution in [2.75, 3.05) is 6.54 Å². The summed E-state index contributed by atoms with van der Waals surface area (Å²) in [6, 6.07) is 7.10. The fourth-order valence-corrected chi connectivity index (χ4v) is 3.11. The highest BCUT2D eigenvalue weighted by molar-refractivity contribution is 6.30. The molecule has 0 radical (unpaired) electrons. The molecule has 6 heteroatoms. The van der Waals surface area contributed by atoms with Gasteiger partial charge in [-0.15, -0.1) is 0 Å². The zero-order valence-corrected chi connectivity index (χ0v) is 18.5. The van der Waals surface area contributed by atoms with Crippen molar-refractivity contribution in [1.29, 1.82) is 0 Å². The molecule has 2 N–H and O–H groups in total. The molecule has 1 aromatic rings. The number of carbonyl (C=O) groups excluding carboxylic acids is 2. The molecule has 0 saturated carbocycles. The van der Waals surface area contributed by atoms with Crippen LogP contribution in [0, 0.1) is 0 Å². The zero-order chi connectivity index (χ0) is 21.2. The number of hydrazone groups is 1. The smallest absolute Gasteiger partial charge is 0.259 e. The average molecular weight is 422 g/mol. The van der Waals surface area contributed by atoms with E-state index in [-0.39, 0.29) is 18.4 Å². The Balaban J connectivity index is 1.95. The first-order valence-electron chi connectivity index (χ1n) is 11.0. The summed E-state index contributed by atoms with van der Waals surface area (Å²) in [6.45, 7) is 2.18. The number of halogens is 1. The summed E-state index contributed by atoms with van der Waals surface area (Å²) in [7, 11) is 0. The molecule has 1 rings (SSSR count). The van der Waals surface area contributed by atoms with Crippen LogP contribution in [0.25, 0.3) is 0 Å². The van der Waals surface area contributed by atoms with Gasteiger partial charge in [0.2, 0.25) is 5.91 Å². The highest BCUT2D eigenvalue weighted by Gasteiger charge is 2.04. The van der Waals surface area contributed by atoms with Crippen LogP contribution in [0.5, 0.6) is 0 Å². The third kappa shape index (κ3) is 14.7. The van der Waals surface area contributed by atoms with E-state index in [9.17, 15) is 9.59 Å². The maximum atomic E-state index is 11.8. The largest absolute Gasteiger partial charge is 0.347 e. The van der Waals surface area contributed by atoms with Crippen LogP contribution in [-0.4, -0.2) is 24.6 Å². The number of unbranched alkanes of at least 4 members (excludes halogenated alkanes) is 10. The van der Waals surface area contributed by atoms with Gasteiger partial charge in [-0.2, -0.15) is 5.10 Å². The summed E-state index contributed by atoms with van der Waals surface area (Å²) in [6.07, 6.45) is 15.8. The molecule has 29 heavy (non-hydrogen) atoms. The van der Waals surface area contributed by atoms with Crippen LogP contribution in [0.3, 0.4) is 0 Å². The van der Waals surface area contributed by atoms with E-state index >= 15 is 0 Å². The van der Waals surface area contributed by atoms with E-state index in [0.717, 1.165) is 18.4 Å². The van der Waals surface area contributed by atoms with E-state index in [1.807, 2.05) is 0 Å². The minimum Gasteiger partial charge on any atom is -0.347 e. The van der Waals surface area contributed by atoms with Crippen molar-refractivity contribution in [3.8, 4) is 0 Å². The lowest BCUT2D eigenvalue weighted by atomic mass is 10.1. The second-order valence-corrected chi connectivity index (χ2v) is 7.84. The number of benzene rings is 1. The fourth-order valence-electron chi connectivity index (χ4n) is 2.98. The zero-order valence-electron chi connectivity index (χ0n) is 17.7. The van der Waals surface area contributed by atoms with Crippen LogP contribution in [0.1, 0.15) is 89.5 Å². The molecule has 0 aliphatic heterocycles. The maximum Gasteiger partial charge on any atom is 0.259 e. The molecule has 0 unspecified atom stereocenters. The Morgan fingerprint density at radius 2 is 1.41 bits per heavy atom. The van der Waals surface area contributed by atoms with Crippen LogP contribution >= 0.6 is 11.6 Å². The first-order chi connectivity index (χ1) is 14.1. The normalized spacial score (nSPS) is 11.0. The third-order valence-electron chi connectivity index (χ3n) is 4.73. The predicted octanol–water partition coefficient (Wildman–Crippen LogP) is 5.61. The predicted molar refractivity (Wildman–Crippen MR) is 121 cm³/mol. The summed E-state index contributed by atoms with van der Waals surface area (Å²) >= 11 is 5.81. The van der Waals surface area contributed by atoms with Gasteiger partial charge in [0.05, 0.1) is 12.8 Å². The SMILES string of the molecule is CCCCCCCCCCCCCC(=O)NCC(=O)N/N=C\c1ccc(Cl)cc1. The van der Waals surface area contributed by atoms with E-state index in [2.05, 4.69) is 22.8 Å². The number of nitrogens with one attached hydrogen (secondary N) is 2. The summed E-state index contributed by atoms with van der Waals surface area (Å²) in [5.74, 6) is -0.430. The van der Waals surface area contributed by atoms with Gasteiger partial charge in [0.15, 0.2) is 0 Å². The van der Waals surface area contributed by atoms with Crippen LogP contribution in [0.4, 0.5) is 0 Å². The fraction of sp³-hybridized carbons (Fsp3) is 0.609. The second kappa shape index (κ2) is 17.0. The molecule has 0 aromatic heterocycles. The van der Waals surface area contributed by atoms with Gasteiger partial charge in [0.25, 0.3) is 5.91 Å². The Morgan fingerprint density at radius 3 is 2.00 bits per heavy atom. The summed E-state index contributed by atoms with van der Waals surface area (Å²) in [5.41, 5.74) is 3.22. The summed E-state index contributed by atoms with van der Waals surface area (Å²) < 4.78 is 0. The Morgan fingerprint density at radius 1 is 0.862 bits per heavy atom. The van der Waals surface area contributed by atoms with Gasteiger partial charge in [-0.05, 0) is 24.1 Å². The number of amides is 2. The first kappa shape index (κ1) is 25.2. The highest BCUT2D eigenvalue weighted by Crippen LogP contribution is 2.12. The number of hydrogen-bond acceptors (Lipinski definition) is 3. The van der Waals surface area contributed by atoms with Gasteiger partial charge in [-0.25, -0.2) is 5.43 Å². The Kier molecular flexibility index (Phi) is 14.8. The van der Waals surface area contributed by atoms with Gasteiger partial charge in [0.1, 0.15) is 0 Å². The second-order valence-electron chi connectivity index (χ2n) is 7.41. The van der Waals surface area contributed by atoms with Gasteiger partial charge in [-0.3, -0.25) is 9.59 Å². The van der Waals surface area contributed by atoms with E-state index in [4.69, 9.17) is 11.6 Å². The molecule has 0 fully saturated rings. The third-order valence-corrected chi connectivity index (χ3v) is 4.98. The Labute approximate surface area is 180 Å². The van der Waals surface area contributed by atoms with Crippen LogP contribution in [0.2, 0.25) is 5.02 Å². The molecule has 2 amide bonds. The molecular formula is C23H36ClN3O2. The lowest BCUT2D eigenvalue weighted by molar-refractivity contribution is -0.126. The van der Waals surface area contributed by atoms with E-state index in [1.54, 1.807) is 24.3 Å². The van der Waals surface area contributed by atoms with Crippen molar-refractivity contribution in [2.24, 2.45) is 5.10 Å². The van der Waals surface area contributed by atoms with Gasteiger partial charge in [0, 0.05) is 11.4 Å². The Hall–Kier alpha value is -1.88. The number of nitrogens with zero attached hydrogens (tertiary/aromatic N) is 1. The molecule has 1 aromatic carbocycles. The summed E-state index contributed by atoms with van der Waals surface area (Å²) in [4.78, 5) is 23.5. The van der Waals surface area contributed by atoms with Gasteiger partial charge < -0.3 is 5.32 Å². The molecule has 0 aliphatic rings. The molecule has 0 spiro atoms. The topological polar surface area (TPSA) is 70.6 Å². The van der Waals surface area contributed by atoms with Crippen molar-refractivity contribution in [2.45, 2.75) is 84.0 Å². The lowest BCUT2D eigenvalue weighted by Crippen LogP contribution is -2.34. The lowest BCUT2D eigenvalue weighted by Gasteiger charge is -2.05. The first-order valence-corrected chi connectivity index (χ1v) is 11.3. The molecule has 162 valence electrons. The van der Waals surface area contributed by atoms with E-state index in [1.165, 1.54) is 64.0 Å². The summed E-state index contributed by atoms with van der Waals surface area (Å²) in [5, 5.41) is 7.14. The molecule has 5 nitrogen and oxygen atoms in total. The van der Waals surface area contributed by atoms with Crippen molar-refractivity contribution in [3.63, 3.8) is 0 Å². The van der Waals surface area contributed by atoms with Crippen molar-refractivity contribution in [3.05, 3.63) is 34.9 Å². The molecule has 0 aliphatic carbocycles. The molecular weight excluding hydrogens is 386 g/mol. The molecule has 0 atom stereocenters. The Bertz CT molecular complexity index is 603. The monoisotopic (exact) mass is 421 g/mol. The quantitative estimate of drug-likeness (QED) is 0.207. The number of rotatable bonds is 16. The van der Waals surface area contributed by atoms with Crippen molar-refractivity contribution < 1.29 is 9.59 Å². The van der Waals surface area contributed by atoms with E-state index < -0.39 is 0 Å². The molecule has 0 saturated heterocycles. The standard InChI is InChI=1S/C23H36ClN3O2/c1-2-3-4-5-6-7-8-9-10-11-12-13-22(28)25-19-23(29)27-26-18-20-14-16-21(24)17-15-20/h14-18H,2-13,19H2,1H3,(H,25,28)(H,27,29)/b26-18-. The average Bonchev–Trinajstić information content (AvgIpc) is 2.72. The van der Waals surface area contributed by atoms with E-state index in [0.29, 0.717) is 11.4 Å². The number of carbonyl (C=O) groups is 2. The van der Waals surface area contributed by atoms with Gasteiger partial charge >= 0.3 is 0 Å². The minimum absolute atomic E-state index is 0.0607. The molecule has 0 bridgehead atoms. The highest BCUT2D eigenvalue weighted by atomic mass is 35.5. The van der Waals surface area contributed by atoms with Crippen molar-refractivity contribution in [1.82, 2.24) is 10.7 Å². The number of hydrogen-bond donors (Lipinski definition) is 2. The van der Waals surface area contributed by atoms with Crippen LogP contribution in [0.15, 0.2) is 29.4 Å². The minimum atomic E-state index is -0.345. The maximum absolute atomic E-state index is 11.8. The van der Waals surface area contributed by atoms with Gasteiger partial charge in [-0.1, -0.05) is 94.9 Å².